The van der Waals surface area contributed by atoms with Crippen LogP contribution >= 0.6 is 12.6 Å². The average Bonchev–Trinajstić information content (AvgIpc) is 2.52. The summed E-state index contributed by atoms with van der Waals surface area (Å²) in [7, 11) is 0. The van der Waals surface area contributed by atoms with Gasteiger partial charge in [-0.2, -0.15) is 12.6 Å². The maximum Gasteiger partial charge on any atom is 0.237 e. The fourth-order valence-corrected chi connectivity index (χ4v) is 1.32. The van der Waals surface area contributed by atoms with Crippen molar-refractivity contribution in [3.8, 4) is 0 Å². The van der Waals surface area contributed by atoms with E-state index in [0.717, 1.165) is 19.4 Å². The molecule has 1 atom stereocenters. The van der Waals surface area contributed by atoms with Gasteiger partial charge in [0.05, 0.1) is 6.04 Å². The summed E-state index contributed by atoms with van der Waals surface area (Å²) >= 11 is 4.00. The Bertz CT molecular complexity index is 134. The number of thiol groups is 1. The molecule has 0 aliphatic carbocycles. The van der Waals surface area contributed by atoms with Gasteiger partial charge in [0.1, 0.15) is 0 Å². The second-order valence-electron chi connectivity index (χ2n) is 2.66. The lowest BCUT2D eigenvalue weighted by atomic mass is 10.2. The molecule has 0 aromatic carbocycles. The van der Waals surface area contributed by atoms with Crippen molar-refractivity contribution < 1.29 is 4.79 Å². The van der Waals surface area contributed by atoms with E-state index in [0.29, 0.717) is 12.3 Å². The number of carbonyl (C=O) groups is 1. The molecule has 0 aromatic rings. The van der Waals surface area contributed by atoms with E-state index in [1.165, 1.54) is 0 Å². The predicted molar refractivity (Wildman–Crippen MR) is 47.9 cm³/mol. The van der Waals surface area contributed by atoms with Crippen LogP contribution in [0.15, 0.2) is 0 Å². The number of nitrogens with one attached hydrogen (secondary N) is 2. The first kappa shape index (κ1) is 8.87. The van der Waals surface area contributed by atoms with Gasteiger partial charge in [0.2, 0.25) is 5.91 Å². The van der Waals surface area contributed by atoms with Crippen molar-refractivity contribution in [1.29, 1.82) is 0 Å². The summed E-state index contributed by atoms with van der Waals surface area (Å²) in [5, 5.41) is 5.92. The molecule has 64 valence electrons. The van der Waals surface area contributed by atoms with Crippen molar-refractivity contribution in [2.24, 2.45) is 0 Å². The van der Waals surface area contributed by atoms with Gasteiger partial charge in [-0.3, -0.25) is 4.79 Å². The average molecular weight is 174 g/mol. The van der Waals surface area contributed by atoms with Crippen LogP contribution in [0.25, 0.3) is 0 Å². The largest absolute Gasteiger partial charge is 0.354 e. The van der Waals surface area contributed by atoms with E-state index >= 15 is 0 Å². The van der Waals surface area contributed by atoms with E-state index in [1.807, 2.05) is 0 Å². The summed E-state index contributed by atoms with van der Waals surface area (Å²) < 4.78 is 0. The van der Waals surface area contributed by atoms with Crippen molar-refractivity contribution in [3.05, 3.63) is 0 Å². The van der Waals surface area contributed by atoms with Gasteiger partial charge in [-0.1, -0.05) is 0 Å². The molecule has 1 aliphatic rings. The van der Waals surface area contributed by atoms with Crippen LogP contribution < -0.4 is 10.6 Å². The molecule has 1 heterocycles. The van der Waals surface area contributed by atoms with Crippen LogP contribution in [0.4, 0.5) is 0 Å². The van der Waals surface area contributed by atoms with Gasteiger partial charge in [-0.05, 0) is 19.4 Å². The van der Waals surface area contributed by atoms with Gasteiger partial charge in [0.25, 0.3) is 0 Å². The molecule has 1 rings (SSSR count). The Kier molecular flexibility index (Phi) is 3.72. The maximum atomic E-state index is 11.2. The van der Waals surface area contributed by atoms with Crippen molar-refractivity contribution in [3.63, 3.8) is 0 Å². The van der Waals surface area contributed by atoms with Gasteiger partial charge in [-0.15, -0.1) is 0 Å². The predicted octanol–water partition coefficient (Wildman–Crippen LogP) is -0.216. The van der Waals surface area contributed by atoms with Crippen LogP contribution in [0.1, 0.15) is 12.8 Å². The Labute approximate surface area is 72.3 Å². The Hall–Kier alpha value is -0.220. The Morgan fingerprint density at radius 3 is 3.09 bits per heavy atom. The van der Waals surface area contributed by atoms with Crippen molar-refractivity contribution in [1.82, 2.24) is 10.6 Å². The molecule has 1 aliphatic heterocycles. The highest BCUT2D eigenvalue weighted by atomic mass is 32.1. The Morgan fingerprint density at radius 2 is 2.55 bits per heavy atom. The number of amides is 1. The fourth-order valence-electron chi connectivity index (χ4n) is 1.21. The zero-order chi connectivity index (χ0) is 8.10. The van der Waals surface area contributed by atoms with E-state index in [-0.39, 0.29) is 11.9 Å². The SMILES string of the molecule is O=C(NCCS)[C@@H]1CCCN1. The molecule has 0 saturated carbocycles. The topological polar surface area (TPSA) is 41.1 Å². The lowest BCUT2D eigenvalue weighted by Gasteiger charge is -2.09. The van der Waals surface area contributed by atoms with E-state index in [2.05, 4.69) is 23.3 Å². The third-order valence-electron chi connectivity index (χ3n) is 1.79. The molecular formula is C7H14N2OS. The molecule has 1 saturated heterocycles. The highest BCUT2D eigenvalue weighted by molar-refractivity contribution is 7.80. The van der Waals surface area contributed by atoms with Crippen LogP contribution in [0.5, 0.6) is 0 Å². The van der Waals surface area contributed by atoms with E-state index in [9.17, 15) is 4.79 Å². The molecule has 11 heavy (non-hydrogen) atoms. The monoisotopic (exact) mass is 174 g/mol. The molecule has 0 radical (unpaired) electrons. The molecule has 2 N–H and O–H groups in total. The first-order chi connectivity index (χ1) is 5.34. The van der Waals surface area contributed by atoms with E-state index in [4.69, 9.17) is 0 Å². The molecule has 1 amide bonds. The van der Waals surface area contributed by atoms with E-state index < -0.39 is 0 Å². The summed E-state index contributed by atoms with van der Waals surface area (Å²) in [6.07, 6.45) is 2.08. The maximum absolute atomic E-state index is 11.2. The second kappa shape index (κ2) is 4.62. The van der Waals surface area contributed by atoms with Crippen molar-refractivity contribution in [2.75, 3.05) is 18.8 Å². The third kappa shape index (κ3) is 2.71. The second-order valence-corrected chi connectivity index (χ2v) is 3.11. The standard InChI is InChI=1S/C7H14N2OS/c10-7(9-4-5-11)6-2-1-3-8-6/h6,8,11H,1-5H2,(H,9,10)/t6-/m0/s1. The minimum atomic E-state index is 0.0508. The van der Waals surface area contributed by atoms with Crippen LogP contribution in [0.2, 0.25) is 0 Å². The molecule has 0 bridgehead atoms. The minimum absolute atomic E-state index is 0.0508. The first-order valence-corrected chi connectivity index (χ1v) is 4.60. The highest BCUT2D eigenvalue weighted by Crippen LogP contribution is 2.03. The molecule has 0 unspecified atom stereocenters. The summed E-state index contributed by atoms with van der Waals surface area (Å²) in [4.78, 5) is 11.2. The molecule has 3 nitrogen and oxygen atoms in total. The smallest absolute Gasteiger partial charge is 0.237 e. The van der Waals surface area contributed by atoms with Crippen LogP contribution in [0, 0.1) is 0 Å². The Balaban J connectivity index is 2.17. The van der Waals surface area contributed by atoms with Crippen LogP contribution in [-0.2, 0) is 4.79 Å². The van der Waals surface area contributed by atoms with Gasteiger partial charge in [-0.25, -0.2) is 0 Å². The van der Waals surface area contributed by atoms with Crippen LogP contribution in [-0.4, -0.2) is 30.8 Å². The molecule has 1 fully saturated rings. The van der Waals surface area contributed by atoms with Gasteiger partial charge in [0, 0.05) is 12.3 Å². The first-order valence-electron chi connectivity index (χ1n) is 3.96. The third-order valence-corrected chi connectivity index (χ3v) is 2.01. The summed E-state index contributed by atoms with van der Waals surface area (Å²) in [5.41, 5.74) is 0. The normalized spacial score (nSPS) is 23.5. The van der Waals surface area contributed by atoms with Crippen molar-refractivity contribution in [2.45, 2.75) is 18.9 Å². The summed E-state index contributed by atoms with van der Waals surface area (Å²) in [6.45, 7) is 1.64. The lowest BCUT2D eigenvalue weighted by molar-refractivity contribution is -0.122. The minimum Gasteiger partial charge on any atom is -0.354 e. The molecular weight excluding hydrogens is 160 g/mol. The van der Waals surface area contributed by atoms with Crippen molar-refractivity contribution >= 4 is 18.5 Å². The van der Waals surface area contributed by atoms with Gasteiger partial charge < -0.3 is 10.6 Å². The quantitative estimate of drug-likeness (QED) is 0.518. The zero-order valence-corrected chi connectivity index (χ0v) is 7.36. The zero-order valence-electron chi connectivity index (χ0n) is 6.47. The summed E-state index contributed by atoms with van der Waals surface area (Å²) in [5.74, 6) is 0.829. The van der Waals surface area contributed by atoms with E-state index in [1.54, 1.807) is 0 Å². The van der Waals surface area contributed by atoms with Gasteiger partial charge in [0.15, 0.2) is 0 Å². The lowest BCUT2D eigenvalue weighted by Crippen LogP contribution is -2.41. The number of carbonyl (C=O) groups excluding carboxylic acids is 1. The van der Waals surface area contributed by atoms with Crippen LogP contribution in [0.3, 0.4) is 0 Å². The number of hydrogen-bond acceptors (Lipinski definition) is 3. The fraction of sp³-hybridized carbons (Fsp3) is 0.857. The Morgan fingerprint density at radius 1 is 1.73 bits per heavy atom. The molecule has 0 aromatic heterocycles. The highest BCUT2D eigenvalue weighted by Gasteiger charge is 2.20. The molecule has 0 spiro atoms. The number of hydrogen-bond donors (Lipinski definition) is 3. The number of rotatable bonds is 3. The molecule has 4 heteroatoms. The summed E-state index contributed by atoms with van der Waals surface area (Å²) in [6, 6.07) is 0.0508. The van der Waals surface area contributed by atoms with Gasteiger partial charge >= 0.3 is 0 Å².